The molecule has 0 bridgehead atoms. The average Bonchev–Trinajstić information content (AvgIpc) is 2.80. The molecule has 104 valence electrons. The topological polar surface area (TPSA) is 24.1 Å². The van der Waals surface area contributed by atoms with Crippen molar-refractivity contribution >= 4 is 11.8 Å². The van der Waals surface area contributed by atoms with E-state index in [0.717, 1.165) is 18.3 Å². The molecule has 0 saturated heterocycles. The molecule has 1 aliphatic carbocycles. The molecule has 0 aromatic heterocycles. The van der Waals surface area contributed by atoms with Crippen LogP contribution >= 0.6 is 11.8 Å². The van der Waals surface area contributed by atoms with Gasteiger partial charge in [0.05, 0.1) is 0 Å². The van der Waals surface area contributed by atoms with Gasteiger partial charge in [0.2, 0.25) is 0 Å². The van der Waals surface area contributed by atoms with Gasteiger partial charge in [0.1, 0.15) is 0 Å². The van der Waals surface area contributed by atoms with Crippen molar-refractivity contribution < 1.29 is 0 Å². The Balaban J connectivity index is 1.70. The number of hydrogen-bond acceptors (Lipinski definition) is 3. The Labute approximate surface area is 120 Å². The molecule has 1 saturated carbocycles. The second-order valence-electron chi connectivity index (χ2n) is 5.75. The van der Waals surface area contributed by atoms with Gasteiger partial charge in [-0.15, -0.1) is 0 Å². The molecule has 1 aliphatic heterocycles. The average molecular weight is 276 g/mol. The van der Waals surface area contributed by atoms with Crippen LogP contribution in [0.2, 0.25) is 0 Å². The lowest BCUT2D eigenvalue weighted by Gasteiger charge is -2.23. The van der Waals surface area contributed by atoms with Gasteiger partial charge in [-0.1, -0.05) is 24.3 Å². The minimum atomic E-state index is 0.539. The fraction of sp³-hybridized carbons (Fsp3) is 0.625. The summed E-state index contributed by atoms with van der Waals surface area (Å²) >= 11 is 2.04. The van der Waals surface area contributed by atoms with Crippen molar-refractivity contribution in [2.45, 2.75) is 49.6 Å². The van der Waals surface area contributed by atoms with Crippen molar-refractivity contribution in [3.63, 3.8) is 0 Å². The van der Waals surface area contributed by atoms with Crippen molar-refractivity contribution in [2.24, 2.45) is 0 Å². The number of thioether (sulfide) groups is 1. The zero-order valence-corrected chi connectivity index (χ0v) is 12.5. The Kier molecular flexibility index (Phi) is 4.46. The molecule has 1 heterocycles. The molecular weight excluding hydrogens is 252 g/mol. The summed E-state index contributed by atoms with van der Waals surface area (Å²) in [6.45, 7) is 2.14. The van der Waals surface area contributed by atoms with Gasteiger partial charge in [-0.2, -0.15) is 11.8 Å². The molecule has 3 heteroatoms. The van der Waals surface area contributed by atoms with Crippen molar-refractivity contribution in [1.29, 1.82) is 0 Å². The van der Waals surface area contributed by atoms with Gasteiger partial charge in [-0.25, -0.2) is 0 Å². The predicted octanol–water partition coefficient (Wildman–Crippen LogP) is 3.09. The molecule has 1 fully saturated rings. The van der Waals surface area contributed by atoms with Crippen LogP contribution in [0.1, 0.15) is 42.9 Å². The molecule has 3 atom stereocenters. The van der Waals surface area contributed by atoms with E-state index in [4.69, 9.17) is 0 Å². The molecule has 19 heavy (non-hydrogen) atoms. The number of hydrogen-bond donors (Lipinski definition) is 2. The highest BCUT2D eigenvalue weighted by Gasteiger charge is 2.27. The maximum Gasteiger partial charge on any atom is 0.0337 e. The van der Waals surface area contributed by atoms with E-state index in [1.807, 2.05) is 11.8 Å². The Morgan fingerprint density at radius 1 is 1.21 bits per heavy atom. The first-order chi connectivity index (χ1) is 9.36. The summed E-state index contributed by atoms with van der Waals surface area (Å²) in [4.78, 5) is 0. The van der Waals surface area contributed by atoms with Gasteiger partial charge >= 0.3 is 0 Å². The van der Waals surface area contributed by atoms with Gasteiger partial charge in [-0.05, 0) is 49.6 Å². The maximum absolute atomic E-state index is 3.92. The normalized spacial score (nSPS) is 30.9. The van der Waals surface area contributed by atoms with E-state index in [9.17, 15) is 0 Å². The van der Waals surface area contributed by atoms with Crippen molar-refractivity contribution in [3.8, 4) is 0 Å². The minimum Gasteiger partial charge on any atom is -0.313 e. The smallest absolute Gasteiger partial charge is 0.0337 e. The van der Waals surface area contributed by atoms with E-state index in [-0.39, 0.29) is 0 Å². The summed E-state index contributed by atoms with van der Waals surface area (Å²) in [7, 11) is 0. The van der Waals surface area contributed by atoms with E-state index in [1.165, 1.54) is 36.8 Å². The highest BCUT2D eigenvalue weighted by Crippen LogP contribution is 2.31. The third kappa shape index (κ3) is 3.15. The van der Waals surface area contributed by atoms with Crippen LogP contribution in [0.4, 0.5) is 0 Å². The number of benzene rings is 1. The highest BCUT2D eigenvalue weighted by atomic mass is 32.2. The quantitative estimate of drug-likeness (QED) is 0.887. The molecule has 3 unspecified atom stereocenters. The van der Waals surface area contributed by atoms with Crippen molar-refractivity contribution in [3.05, 3.63) is 35.4 Å². The van der Waals surface area contributed by atoms with Crippen LogP contribution < -0.4 is 10.6 Å². The molecule has 3 rings (SSSR count). The van der Waals surface area contributed by atoms with Gasteiger partial charge in [0.15, 0.2) is 0 Å². The molecular formula is C16H24N2S. The van der Waals surface area contributed by atoms with E-state index in [2.05, 4.69) is 41.2 Å². The molecule has 2 N–H and O–H groups in total. The zero-order chi connectivity index (χ0) is 13.1. The molecule has 2 aliphatic rings. The molecule has 0 amide bonds. The van der Waals surface area contributed by atoms with Gasteiger partial charge in [0.25, 0.3) is 0 Å². The number of fused-ring (bicyclic) bond motifs is 1. The summed E-state index contributed by atoms with van der Waals surface area (Å²) in [5.41, 5.74) is 2.98. The second-order valence-corrected chi connectivity index (χ2v) is 6.89. The lowest BCUT2D eigenvalue weighted by atomic mass is 9.98. The Morgan fingerprint density at radius 3 is 2.95 bits per heavy atom. The summed E-state index contributed by atoms with van der Waals surface area (Å²) < 4.78 is 0. The van der Waals surface area contributed by atoms with Crippen LogP contribution in [0.5, 0.6) is 0 Å². The van der Waals surface area contributed by atoms with E-state index in [0.29, 0.717) is 12.1 Å². The van der Waals surface area contributed by atoms with Crippen LogP contribution in [-0.2, 0) is 6.54 Å². The SMILES string of the molecule is CSC1CCC(NC2CCNCc3ccccc32)C1. The zero-order valence-electron chi connectivity index (χ0n) is 11.7. The number of nitrogens with one attached hydrogen (secondary N) is 2. The third-order valence-electron chi connectivity index (χ3n) is 4.51. The molecule has 1 aromatic rings. The first kappa shape index (κ1) is 13.5. The number of rotatable bonds is 3. The first-order valence-corrected chi connectivity index (χ1v) is 8.73. The molecule has 0 spiro atoms. The van der Waals surface area contributed by atoms with Gasteiger partial charge < -0.3 is 10.6 Å². The Bertz CT molecular complexity index is 421. The Hall–Kier alpha value is -0.510. The molecule has 1 aromatic carbocycles. The summed E-state index contributed by atoms with van der Waals surface area (Å²) in [5, 5.41) is 8.33. The second kappa shape index (κ2) is 6.29. The monoisotopic (exact) mass is 276 g/mol. The van der Waals surface area contributed by atoms with Crippen LogP contribution in [-0.4, -0.2) is 24.1 Å². The van der Waals surface area contributed by atoms with Gasteiger partial charge in [0, 0.05) is 23.9 Å². The molecule has 2 nitrogen and oxygen atoms in total. The van der Waals surface area contributed by atoms with Crippen LogP contribution in [0.3, 0.4) is 0 Å². The third-order valence-corrected chi connectivity index (χ3v) is 5.61. The lowest BCUT2D eigenvalue weighted by Crippen LogP contribution is -2.32. The summed E-state index contributed by atoms with van der Waals surface area (Å²) in [6, 6.07) is 10.2. The van der Waals surface area contributed by atoms with E-state index < -0.39 is 0 Å². The Morgan fingerprint density at radius 2 is 2.11 bits per heavy atom. The predicted molar refractivity (Wildman–Crippen MR) is 83.6 cm³/mol. The summed E-state index contributed by atoms with van der Waals surface area (Å²) in [5.74, 6) is 0. The largest absolute Gasteiger partial charge is 0.313 e. The minimum absolute atomic E-state index is 0.539. The van der Waals surface area contributed by atoms with Crippen molar-refractivity contribution in [2.75, 3.05) is 12.8 Å². The molecule has 0 radical (unpaired) electrons. The fourth-order valence-electron chi connectivity index (χ4n) is 3.42. The van der Waals surface area contributed by atoms with Crippen LogP contribution in [0.25, 0.3) is 0 Å². The fourth-order valence-corrected chi connectivity index (χ4v) is 4.22. The maximum atomic E-state index is 3.92. The van der Waals surface area contributed by atoms with Crippen molar-refractivity contribution in [1.82, 2.24) is 10.6 Å². The first-order valence-electron chi connectivity index (χ1n) is 7.44. The summed E-state index contributed by atoms with van der Waals surface area (Å²) in [6.07, 6.45) is 7.52. The van der Waals surface area contributed by atoms with Crippen LogP contribution in [0, 0.1) is 0 Å². The van der Waals surface area contributed by atoms with E-state index in [1.54, 1.807) is 0 Å². The standard InChI is InChI=1S/C16H24N2S/c1-19-14-7-6-13(10-14)18-16-8-9-17-11-12-4-2-3-5-15(12)16/h2-5,13-14,16-18H,6-11H2,1H3. The van der Waals surface area contributed by atoms with Crippen LogP contribution in [0.15, 0.2) is 24.3 Å². The lowest BCUT2D eigenvalue weighted by molar-refractivity contribution is 0.421. The highest BCUT2D eigenvalue weighted by molar-refractivity contribution is 7.99. The van der Waals surface area contributed by atoms with Gasteiger partial charge in [-0.3, -0.25) is 0 Å². The van der Waals surface area contributed by atoms with E-state index >= 15 is 0 Å².